The highest BCUT2D eigenvalue weighted by molar-refractivity contribution is 7.71. The lowest BCUT2D eigenvalue weighted by Gasteiger charge is -2.30. The monoisotopic (exact) mass is 398 g/mol. The first-order chi connectivity index (χ1) is 13.3. The standard InChI is InChI=1S/C19H18N4O2S2/c26-19-23(21-17(25-19)15-5-3-11-24-15)12-22-9-7-13(8-10-22)18-20-14-4-1-2-6-16(14)27-18/h1-6,11,13H,7-10,12H2. The molecule has 0 saturated carbocycles. The second kappa shape index (κ2) is 7.03. The molecular weight excluding hydrogens is 380 g/mol. The molecular formula is C19H18N4O2S2. The van der Waals surface area contributed by atoms with Gasteiger partial charge in [0.15, 0.2) is 5.76 Å². The maximum atomic E-state index is 5.56. The van der Waals surface area contributed by atoms with Crippen LogP contribution in [-0.2, 0) is 6.67 Å². The Morgan fingerprint density at radius 3 is 2.78 bits per heavy atom. The Hall–Kier alpha value is -2.29. The first-order valence-corrected chi connectivity index (χ1v) is 10.2. The zero-order valence-electron chi connectivity index (χ0n) is 14.6. The fourth-order valence-electron chi connectivity index (χ4n) is 3.47. The van der Waals surface area contributed by atoms with Crippen LogP contribution in [0.25, 0.3) is 21.9 Å². The number of rotatable bonds is 4. The van der Waals surface area contributed by atoms with Crippen molar-refractivity contribution in [2.45, 2.75) is 25.4 Å². The van der Waals surface area contributed by atoms with E-state index in [9.17, 15) is 0 Å². The summed E-state index contributed by atoms with van der Waals surface area (Å²) in [6, 6.07) is 12.0. The molecule has 8 heteroatoms. The van der Waals surface area contributed by atoms with Crippen molar-refractivity contribution in [2.24, 2.45) is 0 Å². The third-order valence-electron chi connectivity index (χ3n) is 4.92. The van der Waals surface area contributed by atoms with Crippen LogP contribution in [0.15, 0.2) is 51.5 Å². The van der Waals surface area contributed by atoms with E-state index in [1.54, 1.807) is 17.0 Å². The van der Waals surface area contributed by atoms with Gasteiger partial charge in [0.1, 0.15) is 0 Å². The molecule has 27 heavy (non-hydrogen) atoms. The van der Waals surface area contributed by atoms with E-state index in [1.807, 2.05) is 23.5 Å². The fourth-order valence-corrected chi connectivity index (χ4v) is 4.78. The van der Waals surface area contributed by atoms with Gasteiger partial charge in [-0.25, -0.2) is 9.67 Å². The summed E-state index contributed by atoms with van der Waals surface area (Å²) in [5.74, 6) is 1.55. The summed E-state index contributed by atoms with van der Waals surface area (Å²) in [7, 11) is 0. The van der Waals surface area contributed by atoms with Gasteiger partial charge in [-0.1, -0.05) is 12.1 Å². The Bertz CT molecular complexity index is 1070. The van der Waals surface area contributed by atoms with Crippen LogP contribution >= 0.6 is 23.6 Å². The number of aromatic nitrogens is 3. The summed E-state index contributed by atoms with van der Waals surface area (Å²) in [5.41, 5.74) is 1.11. The van der Waals surface area contributed by atoms with Crippen LogP contribution in [0.5, 0.6) is 0 Å². The van der Waals surface area contributed by atoms with Crippen LogP contribution in [0, 0.1) is 4.84 Å². The van der Waals surface area contributed by atoms with Gasteiger partial charge in [0.25, 0.3) is 10.7 Å². The molecule has 0 N–H and O–H groups in total. The van der Waals surface area contributed by atoms with Gasteiger partial charge in [0, 0.05) is 19.0 Å². The number of hydrogen-bond donors (Lipinski definition) is 0. The summed E-state index contributed by atoms with van der Waals surface area (Å²) >= 11 is 7.13. The van der Waals surface area contributed by atoms with Gasteiger partial charge < -0.3 is 8.83 Å². The SMILES string of the molecule is S=c1oc(-c2ccco2)nn1CN1CCC(c2nc3ccccc3s2)CC1. The number of piperidine rings is 1. The second-order valence-electron chi connectivity index (χ2n) is 6.70. The molecule has 0 aliphatic carbocycles. The highest BCUT2D eigenvalue weighted by Crippen LogP contribution is 2.33. The van der Waals surface area contributed by atoms with Crippen molar-refractivity contribution in [2.75, 3.05) is 13.1 Å². The summed E-state index contributed by atoms with van der Waals surface area (Å²) in [6.07, 6.45) is 3.78. The average Bonchev–Trinajstić information content (AvgIpc) is 3.42. The van der Waals surface area contributed by atoms with E-state index in [4.69, 9.17) is 26.0 Å². The molecule has 0 unspecified atom stereocenters. The maximum Gasteiger partial charge on any atom is 0.288 e. The average molecular weight is 399 g/mol. The van der Waals surface area contributed by atoms with Gasteiger partial charge in [-0.2, -0.15) is 0 Å². The molecule has 0 amide bonds. The zero-order valence-corrected chi connectivity index (χ0v) is 16.2. The fraction of sp³-hybridized carbons (Fsp3) is 0.316. The first-order valence-electron chi connectivity index (χ1n) is 8.96. The quantitative estimate of drug-likeness (QED) is 0.455. The maximum absolute atomic E-state index is 5.56. The molecule has 0 radical (unpaired) electrons. The smallest absolute Gasteiger partial charge is 0.288 e. The van der Waals surface area contributed by atoms with Gasteiger partial charge in [0.05, 0.1) is 28.2 Å². The predicted molar refractivity (Wildman–Crippen MR) is 106 cm³/mol. The molecule has 5 rings (SSSR count). The Labute approximate surface area is 165 Å². The number of furan rings is 1. The molecule has 1 saturated heterocycles. The van der Waals surface area contributed by atoms with Crippen LogP contribution < -0.4 is 0 Å². The number of fused-ring (bicyclic) bond motifs is 1. The van der Waals surface area contributed by atoms with Crippen molar-refractivity contribution in [3.63, 3.8) is 0 Å². The lowest BCUT2D eigenvalue weighted by atomic mass is 9.98. The van der Waals surface area contributed by atoms with Gasteiger partial charge >= 0.3 is 0 Å². The molecule has 4 aromatic rings. The van der Waals surface area contributed by atoms with Crippen LogP contribution in [0.3, 0.4) is 0 Å². The van der Waals surface area contributed by atoms with Crippen LogP contribution in [0.1, 0.15) is 23.8 Å². The minimum absolute atomic E-state index is 0.370. The topological polar surface area (TPSA) is 60.2 Å². The highest BCUT2D eigenvalue weighted by Gasteiger charge is 2.24. The van der Waals surface area contributed by atoms with E-state index in [0.717, 1.165) is 31.4 Å². The molecule has 1 fully saturated rings. The van der Waals surface area contributed by atoms with Gasteiger partial charge in [-0.15, -0.1) is 16.4 Å². The van der Waals surface area contributed by atoms with E-state index in [2.05, 4.69) is 28.2 Å². The van der Waals surface area contributed by atoms with Crippen molar-refractivity contribution in [1.29, 1.82) is 0 Å². The molecule has 138 valence electrons. The van der Waals surface area contributed by atoms with Crippen LogP contribution in [0.2, 0.25) is 0 Å². The summed E-state index contributed by atoms with van der Waals surface area (Å²) < 4.78 is 13.9. The Morgan fingerprint density at radius 2 is 2.00 bits per heavy atom. The summed E-state index contributed by atoms with van der Waals surface area (Å²) in [5, 5.41) is 5.71. The number of thiazole rings is 1. The normalized spacial score (nSPS) is 16.3. The molecule has 0 atom stereocenters. The zero-order chi connectivity index (χ0) is 18.2. The van der Waals surface area contributed by atoms with Crippen molar-refractivity contribution < 1.29 is 8.83 Å². The summed E-state index contributed by atoms with van der Waals surface area (Å²) in [4.78, 5) is 7.56. The lowest BCUT2D eigenvalue weighted by Crippen LogP contribution is -2.34. The first kappa shape index (κ1) is 16.9. The van der Waals surface area contributed by atoms with Gasteiger partial charge in [-0.05, 0) is 49.3 Å². The van der Waals surface area contributed by atoms with Crippen molar-refractivity contribution in [1.82, 2.24) is 19.7 Å². The van der Waals surface area contributed by atoms with E-state index < -0.39 is 0 Å². The summed E-state index contributed by atoms with van der Waals surface area (Å²) in [6.45, 7) is 2.62. The number of benzene rings is 1. The van der Waals surface area contributed by atoms with E-state index in [1.165, 1.54) is 9.71 Å². The number of nitrogens with zero attached hydrogens (tertiary/aromatic N) is 4. The van der Waals surface area contributed by atoms with Crippen LogP contribution in [0.4, 0.5) is 0 Å². The molecule has 6 nitrogen and oxygen atoms in total. The highest BCUT2D eigenvalue weighted by atomic mass is 32.1. The number of hydrogen-bond acceptors (Lipinski definition) is 7. The molecule has 4 heterocycles. The van der Waals surface area contributed by atoms with E-state index in [-0.39, 0.29) is 0 Å². The van der Waals surface area contributed by atoms with Gasteiger partial charge in [-0.3, -0.25) is 4.90 Å². The molecule has 1 aromatic carbocycles. The van der Waals surface area contributed by atoms with Crippen molar-refractivity contribution >= 4 is 33.8 Å². The Morgan fingerprint density at radius 1 is 1.15 bits per heavy atom. The van der Waals surface area contributed by atoms with E-state index in [0.29, 0.717) is 29.1 Å². The molecule has 1 aliphatic heterocycles. The molecule has 3 aromatic heterocycles. The van der Waals surface area contributed by atoms with Crippen LogP contribution in [-0.4, -0.2) is 32.8 Å². The number of para-hydroxylation sites is 1. The van der Waals surface area contributed by atoms with Crippen molar-refractivity contribution in [3.8, 4) is 11.7 Å². The second-order valence-corrected chi connectivity index (χ2v) is 8.11. The van der Waals surface area contributed by atoms with E-state index >= 15 is 0 Å². The largest absolute Gasteiger partial charge is 0.459 e. The molecule has 1 aliphatic rings. The minimum atomic E-state index is 0.370. The third-order valence-corrected chi connectivity index (χ3v) is 6.41. The molecule has 0 spiro atoms. The van der Waals surface area contributed by atoms with Crippen molar-refractivity contribution in [3.05, 3.63) is 52.5 Å². The third kappa shape index (κ3) is 3.36. The Kier molecular flexibility index (Phi) is 4.39. The van der Waals surface area contributed by atoms with Gasteiger partial charge in [0.2, 0.25) is 0 Å². The number of likely N-dealkylation sites (tertiary alicyclic amines) is 1. The minimum Gasteiger partial charge on any atom is -0.459 e. The predicted octanol–water partition coefficient (Wildman–Crippen LogP) is 4.91. The lowest BCUT2D eigenvalue weighted by molar-refractivity contribution is 0.159. The Balaban J connectivity index is 1.25. The molecule has 0 bridgehead atoms.